The van der Waals surface area contributed by atoms with Crippen LogP contribution in [-0.4, -0.2) is 28.6 Å². The van der Waals surface area contributed by atoms with E-state index in [0.29, 0.717) is 10.0 Å². The van der Waals surface area contributed by atoms with Crippen molar-refractivity contribution < 1.29 is 19.4 Å². The lowest BCUT2D eigenvalue weighted by Crippen LogP contribution is -2.24. The van der Waals surface area contributed by atoms with Crippen molar-refractivity contribution in [2.24, 2.45) is 5.10 Å². The summed E-state index contributed by atoms with van der Waals surface area (Å²) in [7, 11) is 0. The molecule has 0 aliphatic carbocycles. The monoisotopic (exact) mass is 448 g/mol. The van der Waals surface area contributed by atoms with E-state index in [1.54, 1.807) is 18.2 Å². The van der Waals surface area contributed by atoms with E-state index in [1.165, 1.54) is 42.6 Å². The number of non-ortho nitro benzene ring substituents is 1. The number of hydrogen-bond acceptors (Lipinski definition) is 7. The van der Waals surface area contributed by atoms with Crippen molar-refractivity contribution in [2.75, 3.05) is 6.61 Å². The van der Waals surface area contributed by atoms with Gasteiger partial charge in [-0.1, -0.05) is 12.1 Å². The maximum absolute atomic E-state index is 11.7. The number of hydrogen-bond donors (Lipinski definition) is 1. The van der Waals surface area contributed by atoms with E-state index in [2.05, 4.69) is 26.5 Å². The fourth-order valence-corrected chi connectivity index (χ4v) is 2.47. The fourth-order valence-electron chi connectivity index (χ4n) is 1.99. The van der Waals surface area contributed by atoms with Crippen LogP contribution < -0.4 is 10.2 Å². The van der Waals surface area contributed by atoms with Crippen LogP contribution >= 0.6 is 15.9 Å². The zero-order chi connectivity index (χ0) is 20.5. The highest BCUT2D eigenvalue weighted by Crippen LogP contribution is 2.28. The number of allylic oxidation sites excluding steroid dienone is 1. The molecule has 28 heavy (non-hydrogen) atoms. The van der Waals surface area contributed by atoms with E-state index in [1.807, 2.05) is 0 Å². The predicted molar refractivity (Wildman–Crippen MR) is 105 cm³/mol. The molecule has 0 bridgehead atoms. The molecule has 144 valence electrons. The Hall–Kier alpha value is -3.60. The molecule has 0 aliphatic heterocycles. The van der Waals surface area contributed by atoms with E-state index in [0.717, 1.165) is 0 Å². The third-order valence-corrected chi connectivity index (χ3v) is 3.86. The molecule has 2 aromatic carbocycles. The Bertz CT molecular complexity index is 960. The Balaban J connectivity index is 1.84. The highest BCUT2D eigenvalue weighted by atomic mass is 79.9. The Morgan fingerprint density at radius 3 is 2.61 bits per heavy atom. The number of rotatable bonds is 8. The lowest BCUT2D eigenvalue weighted by atomic mass is 10.2. The van der Waals surface area contributed by atoms with Crippen LogP contribution in [0.25, 0.3) is 6.08 Å². The molecule has 0 aromatic heterocycles. The summed E-state index contributed by atoms with van der Waals surface area (Å²) in [5.74, 6) is -0.290. The van der Waals surface area contributed by atoms with Gasteiger partial charge >= 0.3 is 0 Å². The summed E-state index contributed by atoms with van der Waals surface area (Å²) in [5, 5.41) is 25.2. The number of amides is 1. The largest absolute Gasteiger partial charge is 0.483 e. The Labute approximate surface area is 166 Å². The second-order valence-corrected chi connectivity index (χ2v) is 6.00. The maximum Gasteiger partial charge on any atom is 0.277 e. The highest BCUT2D eigenvalue weighted by molar-refractivity contribution is 9.10. The Kier molecular flexibility index (Phi) is 7.34. The Morgan fingerprint density at radius 2 is 1.93 bits per heavy atom. The summed E-state index contributed by atoms with van der Waals surface area (Å²) in [5.41, 5.74) is 2.47. The van der Waals surface area contributed by atoms with E-state index < -0.39 is 15.8 Å². The zero-order valence-corrected chi connectivity index (χ0v) is 15.7. The van der Waals surface area contributed by atoms with Gasteiger partial charge in [0.25, 0.3) is 17.3 Å². The average Bonchev–Trinajstić information content (AvgIpc) is 2.66. The molecule has 2 rings (SSSR count). The second kappa shape index (κ2) is 9.92. The van der Waals surface area contributed by atoms with Gasteiger partial charge in [0, 0.05) is 24.4 Å². The molecule has 10 nitrogen and oxygen atoms in total. The molecule has 0 saturated heterocycles. The van der Waals surface area contributed by atoms with E-state index in [-0.39, 0.29) is 23.7 Å². The van der Waals surface area contributed by atoms with E-state index >= 15 is 0 Å². The van der Waals surface area contributed by atoms with Gasteiger partial charge in [-0.05, 0) is 40.2 Å². The minimum absolute atomic E-state index is 0.0433. The van der Waals surface area contributed by atoms with Crippen molar-refractivity contribution in [1.29, 1.82) is 0 Å². The van der Waals surface area contributed by atoms with Gasteiger partial charge in [0.1, 0.15) is 5.75 Å². The zero-order valence-electron chi connectivity index (χ0n) is 14.1. The molecule has 0 unspecified atom stereocenters. The average molecular weight is 449 g/mol. The number of carbonyl (C=O) groups excluding carboxylic acids is 1. The molecule has 1 N–H and O–H groups in total. The fraction of sp³-hybridized carbons (Fsp3) is 0.0588. The summed E-state index contributed by atoms with van der Waals surface area (Å²) in [6.45, 7) is -0.360. The van der Waals surface area contributed by atoms with Crippen molar-refractivity contribution >= 4 is 45.5 Å². The minimum Gasteiger partial charge on any atom is -0.483 e. The molecule has 0 spiro atoms. The topological polar surface area (TPSA) is 137 Å². The number of nitrogens with one attached hydrogen (secondary N) is 1. The summed E-state index contributed by atoms with van der Waals surface area (Å²) >= 11 is 3.13. The van der Waals surface area contributed by atoms with Crippen molar-refractivity contribution in [1.82, 2.24) is 5.43 Å². The van der Waals surface area contributed by atoms with Crippen LogP contribution in [0.2, 0.25) is 0 Å². The summed E-state index contributed by atoms with van der Waals surface area (Å²) in [4.78, 5) is 32.2. The van der Waals surface area contributed by atoms with Crippen LogP contribution in [0.5, 0.6) is 5.75 Å². The first-order valence-electron chi connectivity index (χ1n) is 7.67. The van der Waals surface area contributed by atoms with Crippen molar-refractivity contribution in [3.63, 3.8) is 0 Å². The lowest BCUT2D eigenvalue weighted by Gasteiger charge is -2.06. The standard InChI is InChI=1S/C17H13BrN4O6/c18-14-10-13(21(24)25)7-8-16(14)28-11-17(23)20-19-9-3-5-12-4-1-2-6-15(12)22(26)27/h1-10H,11H2,(H,20,23)/b5-3+,19-9-. The molecule has 0 fully saturated rings. The molecule has 0 radical (unpaired) electrons. The number of nitrogens with zero attached hydrogens (tertiary/aromatic N) is 3. The number of para-hydroxylation sites is 1. The third kappa shape index (κ3) is 5.99. The molecule has 0 aliphatic rings. The molecule has 11 heteroatoms. The summed E-state index contributed by atoms with van der Waals surface area (Å²) in [6.07, 6.45) is 4.19. The number of nitro groups is 2. The SMILES string of the molecule is O=C(COc1ccc([N+](=O)[O-])cc1Br)N/N=C\C=C\c1ccccc1[N+](=O)[O-]. The first-order valence-corrected chi connectivity index (χ1v) is 8.46. The smallest absolute Gasteiger partial charge is 0.277 e. The predicted octanol–water partition coefficient (Wildman–Crippen LogP) is 3.46. The second-order valence-electron chi connectivity index (χ2n) is 5.15. The van der Waals surface area contributed by atoms with Gasteiger partial charge in [0.15, 0.2) is 6.61 Å². The molecular weight excluding hydrogens is 436 g/mol. The van der Waals surface area contributed by atoms with Gasteiger partial charge < -0.3 is 4.74 Å². The van der Waals surface area contributed by atoms with Crippen LogP contribution in [-0.2, 0) is 4.79 Å². The molecule has 0 heterocycles. The lowest BCUT2D eigenvalue weighted by molar-refractivity contribution is -0.385. The number of hydrazone groups is 1. The quantitative estimate of drug-likeness (QED) is 0.372. The van der Waals surface area contributed by atoms with Gasteiger partial charge in [-0.3, -0.25) is 25.0 Å². The molecule has 0 saturated carbocycles. The van der Waals surface area contributed by atoms with Crippen LogP contribution in [0.4, 0.5) is 11.4 Å². The third-order valence-electron chi connectivity index (χ3n) is 3.24. The van der Waals surface area contributed by atoms with Gasteiger partial charge in [-0.25, -0.2) is 5.43 Å². The van der Waals surface area contributed by atoms with Crippen LogP contribution in [0.1, 0.15) is 5.56 Å². The van der Waals surface area contributed by atoms with Crippen LogP contribution in [0, 0.1) is 20.2 Å². The highest BCUT2D eigenvalue weighted by Gasteiger charge is 2.11. The first-order chi connectivity index (χ1) is 13.4. The molecule has 1 amide bonds. The normalized spacial score (nSPS) is 10.9. The van der Waals surface area contributed by atoms with Gasteiger partial charge in [-0.2, -0.15) is 5.10 Å². The summed E-state index contributed by atoms with van der Waals surface area (Å²) in [6, 6.07) is 10.1. The summed E-state index contributed by atoms with van der Waals surface area (Å²) < 4.78 is 5.59. The van der Waals surface area contributed by atoms with E-state index in [4.69, 9.17) is 4.74 Å². The minimum atomic E-state index is -0.555. The van der Waals surface area contributed by atoms with Crippen molar-refractivity contribution in [3.05, 3.63) is 78.8 Å². The van der Waals surface area contributed by atoms with Crippen LogP contribution in [0.3, 0.4) is 0 Å². The van der Waals surface area contributed by atoms with Gasteiger partial charge in [0.05, 0.1) is 19.9 Å². The van der Waals surface area contributed by atoms with Gasteiger partial charge in [0.2, 0.25) is 0 Å². The first kappa shape index (κ1) is 20.7. The van der Waals surface area contributed by atoms with Crippen molar-refractivity contribution in [2.45, 2.75) is 0 Å². The van der Waals surface area contributed by atoms with E-state index in [9.17, 15) is 25.0 Å². The van der Waals surface area contributed by atoms with Crippen molar-refractivity contribution in [3.8, 4) is 5.75 Å². The number of benzene rings is 2. The maximum atomic E-state index is 11.7. The van der Waals surface area contributed by atoms with Gasteiger partial charge in [-0.15, -0.1) is 0 Å². The number of ether oxygens (including phenoxy) is 1. The molecular formula is C17H13BrN4O6. The molecule has 0 atom stereocenters. The molecule has 2 aromatic rings. The Morgan fingerprint density at radius 1 is 1.18 bits per heavy atom. The number of halogens is 1. The number of carbonyl (C=O) groups is 1. The number of nitro benzene ring substituents is 2. The van der Waals surface area contributed by atoms with Crippen LogP contribution in [0.15, 0.2) is 58.1 Å².